The highest BCUT2D eigenvalue weighted by atomic mass is 127. The zero-order valence-corrected chi connectivity index (χ0v) is 30.5. The Morgan fingerprint density at radius 1 is 0.800 bits per heavy atom. The van der Waals surface area contributed by atoms with Crippen molar-refractivity contribution in [3.63, 3.8) is 0 Å². The maximum absolute atomic E-state index is 12.4. The first-order valence-corrected chi connectivity index (χ1v) is 25.4. The van der Waals surface area contributed by atoms with Crippen LogP contribution in [0.2, 0.25) is 65.0 Å². The zero-order valence-electron chi connectivity index (χ0n) is 24.4. The number of rotatable bonds is 16. The molecule has 1 aliphatic rings. The smallest absolute Gasteiger partial charge is 0.469 e. The summed E-state index contributed by atoms with van der Waals surface area (Å²) in [6.07, 6.45) is 4.68. The molecular formula is C23H55IN2O5Si4. The molecule has 0 atom stereocenters. The van der Waals surface area contributed by atoms with Crippen molar-refractivity contribution in [1.29, 1.82) is 0 Å². The Kier molecular flexibility index (Phi) is 15.8. The molecule has 0 aromatic heterocycles. The Morgan fingerprint density at radius 2 is 1.29 bits per heavy atom. The third-order valence-corrected chi connectivity index (χ3v) is 17.6. The average Bonchev–Trinajstić information content (AvgIpc) is 2.61. The van der Waals surface area contributed by atoms with Crippen LogP contribution >= 0.6 is 0 Å². The second-order valence-electron chi connectivity index (χ2n) is 13.0. The van der Waals surface area contributed by atoms with Crippen LogP contribution in [0.1, 0.15) is 32.1 Å². The van der Waals surface area contributed by atoms with Crippen molar-refractivity contribution in [2.24, 2.45) is 0 Å². The van der Waals surface area contributed by atoms with E-state index in [9.17, 15) is 4.79 Å². The van der Waals surface area contributed by atoms with E-state index in [2.05, 4.69) is 71.3 Å². The number of nitrogens with one attached hydrogen (secondary N) is 1. The summed E-state index contributed by atoms with van der Waals surface area (Å²) in [5.74, 6) is 0.155. The lowest BCUT2D eigenvalue weighted by Gasteiger charge is -2.43. The highest BCUT2D eigenvalue weighted by Crippen LogP contribution is 2.29. The number of quaternary nitrogens is 1. The Labute approximate surface area is 237 Å². The molecule has 1 fully saturated rings. The van der Waals surface area contributed by atoms with Crippen LogP contribution in [-0.4, -0.2) is 90.6 Å². The van der Waals surface area contributed by atoms with Crippen LogP contribution in [0.15, 0.2) is 0 Å². The minimum Gasteiger partial charge on any atom is -1.00 e. The van der Waals surface area contributed by atoms with Crippen LogP contribution < -0.4 is 29.3 Å². The quantitative estimate of drug-likeness (QED) is 0.117. The summed E-state index contributed by atoms with van der Waals surface area (Å²) in [5, 5.41) is 3.12. The number of carbonyl (C=O) groups excluding carboxylic acids is 1. The monoisotopic (exact) mass is 678 g/mol. The van der Waals surface area contributed by atoms with Gasteiger partial charge in [-0.3, -0.25) is 4.79 Å². The number of likely N-dealkylation sites (N-methyl/N-ethyl adjacent to an activating group) is 1. The van der Waals surface area contributed by atoms with Crippen LogP contribution in [0.25, 0.3) is 0 Å². The first-order valence-electron chi connectivity index (χ1n) is 13.2. The molecule has 0 spiro atoms. The first kappa shape index (κ1) is 35.9. The molecule has 0 saturated carbocycles. The molecule has 1 N–H and O–H groups in total. The second-order valence-corrected chi connectivity index (χ2v) is 30.0. The molecular weight excluding hydrogens is 624 g/mol. The van der Waals surface area contributed by atoms with Gasteiger partial charge in [0.05, 0.1) is 26.8 Å². The molecule has 210 valence electrons. The SMILES string of the molecule is C[N+]1(CCCCCC(=O)NCCC[Si](O[Si](C)(C)C)(O[Si](C)(C)C)O[Si](C)(C)C)CCOCC1.[I-]. The Hall–Kier alpha value is 0.868. The van der Waals surface area contributed by atoms with Crippen LogP contribution in [0.3, 0.4) is 0 Å². The van der Waals surface area contributed by atoms with E-state index in [-0.39, 0.29) is 29.9 Å². The minimum atomic E-state index is -2.81. The summed E-state index contributed by atoms with van der Waals surface area (Å²) in [6, 6.07) is 0.770. The van der Waals surface area contributed by atoms with Gasteiger partial charge in [-0.2, -0.15) is 0 Å². The van der Waals surface area contributed by atoms with E-state index in [1.165, 1.54) is 13.0 Å². The summed E-state index contributed by atoms with van der Waals surface area (Å²) >= 11 is 0. The van der Waals surface area contributed by atoms with Crippen molar-refractivity contribution in [3.05, 3.63) is 0 Å². The fourth-order valence-electron chi connectivity index (χ4n) is 4.20. The number of amides is 1. The molecule has 0 radical (unpaired) electrons. The molecule has 1 aliphatic heterocycles. The largest absolute Gasteiger partial charge is 1.00 e. The summed E-state index contributed by atoms with van der Waals surface area (Å²) in [6.45, 7) is 25.7. The van der Waals surface area contributed by atoms with Gasteiger partial charge in [0.15, 0.2) is 25.0 Å². The van der Waals surface area contributed by atoms with Gasteiger partial charge >= 0.3 is 8.80 Å². The molecule has 12 heteroatoms. The number of morpholine rings is 1. The zero-order chi connectivity index (χ0) is 26.1. The molecule has 0 aliphatic carbocycles. The van der Waals surface area contributed by atoms with Crippen molar-refractivity contribution < 1.29 is 50.3 Å². The predicted octanol–water partition coefficient (Wildman–Crippen LogP) is 2.03. The number of ether oxygens (including phenoxy) is 1. The van der Waals surface area contributed by atoms with Gasteiger partial charge in [-0.15, -0.1) is 0 Å². The number of nitrogens with zero attached hydrogens (tertiary/aromatic N) is 1. The Bertz CT molecular complexity index is 578. The minimum absolute atomic E-state index is 0. The Balaban J connectivity index is 0.0000116. The number of hydrogen-bond donors (Lipinski definition) is 1. The van der Waals surface area contributed by atoms with Crippen molar-refractivity contribution in [1.82, 2.24) is 5.32 Å². The van der Waals surface area contributed by atoms with Crippen LogP contribution in [0.5, 0.6) is 0 Å². The predicted molar refractivity (Wildman–Crippen MR) is 152 cm³/mol. The first-order chi connectivity index (χ1) is 15.4. The van der Waals surface area contributed by atoms with Gasteiger partial charge in [0.25, 0.3) is 0 Å². The van der Waals surface area contributed by atoms with Gasteiger partial charge in [0.1, 0.15) is 13.1 Å². The van der Waals surface area contributed by atoms with E-state index in [4.69, 9.17) is 17.1 Å². The lowest BCUT2D eigenvalue weighted by Crippen LogP contribution is -3.00. The summed E-state index contributed by atoms with van der Waals surface area (Å²) in [5.41, 5.74) is 0. The van der Waals surface area contributed by atoms with E-state index in [1.807, 2.05) is 0 Å². The van der Waals surface area contributed by atoms with Crippen LogP contribution in [-0.2, 0) is 21.9 Å². The van der Waals surface area contributed by atoms with Gasteiger partial charge in [-0.25, -0.2) is 0 Å². The van der Waals surface area contributed by atoms with Crippen molar-refractivity contribution in [3.8, 4) is 0 Å². The van der Waals surface area contributed by atoms with Crippen molar-refractivity contribution >= 4 is 39.7 Å². The molecule has 1 heterocycles. The molecule has 0 aromatic rings. The summed E-state index contributed by atoms with van der Waals surface area (Å²) in [4.78, 5) is 12.4. The number of halogens is 1. The normalized spacial score (nSPS) is 17.1. The number of hydrogen-bond acceptors (Lipinski definition) is 5. The third-order valence-electron chi connectivity index (χ3n) is 5.52. The molecule has 1 rings (SSSR count). The van der Waals surface area contributed by atoms with Gasteiger partial charge < -0.3 is 50.9 Å². The van der Waals surface area contributed by atoms with Gasteiger partial charge in [-0.05, 0) is 84.6 Å². The van der Waals surface area contributed by atoms with E-state index >= 15 is 0 Å². The average molecular weight is 679 g/mol. The number of unbranched alkanes of at least 4 members (excludes halogenated alkanes) is 2. The van der Waals surface area contributed by atoms with E-state index in [0.717, 1.165) is 56.1 Å². The van der Waals surface area contributed by atoms with E-state index in [1.54, 1.807) is 0 Å². The summed E-state index contributed by atoms with van der Waals surface area (Å²) in [7, 11) is -6.06. The van der Waals surface area contributed by atoms with Gasteiger partial charge in [-0.1, -0.05) is 0 Å². The molecule has 0 aromatic carbocycles. The van der Waals surface area contributed by atoms with Crippen molar-refractivity contribution in [2.45, 2.75) is 97.1 Å². The lowest BCUT2D eigenvalue weighted by molar-refractivity contribution is -0.917. The number of carbonyl (C=O) groups is 1. The van der Waals surface area contributed by atoms with Crippen LogP contribution in [0.4, 0.5) is 0 Å². The molecule has 1 amide bonds. The highest BCUT2D eigenvalue weighted by Gasteiger charge is 2.49. The standard InChI is InChI=1S/C23H54N2O5Si4.HI/c1-25(18-20-27-21-19-25)17-13-11-12-15-23(26)24-16-14-22-34(28-31(2,3)4,29-32(5,6)7)30-33(8,9)10;/h11-22H2,1-10H3;1H. The van der Waals surface area contributed by atoms with Gasteiger partial charge in [0.2, 0.25) is 5.91 Å². The third kappa shape index (κ3) is 17.9. The fraction of sp³-hybridized carbons (Fsp3) is 0.957. The molecule has 1 saturated heterocycles. The van der Waals surface area contributed by atoms with Crippen molar-refractivity contribution in [2.75, 3.05) is 46.4 Å². The van der Waals surface area contributed by atoms with Crippen LogP contribution in [0, 0.1) is 0 Å². The maximum atomic E-state index is 12.4. The molecule has 0 bridgehead atoms. The molecule has 7 nitrogen and oxygen atoms in total. The second kappa shape index (κ2) is 15.5. The van der Waals surface area contributed by atoms with E-state index in [0.29, 0.717) is 13.0 Å². The highest BCUT2D eigenvalue weighted by molar-refractivity contribution is 6.90. The molecule has 0 unspecified atom stereocenters. The molecule has 35 heavy (non-hydrogen) atoms. The maximum Gasteiger partial charge on any atom is 0.469 e. The lowest BCUT2D eigenvalue weighted by atomic mass is 10.1. The van der Waals surface area contributed by atoms with Gasteiger partial charge in [0, 0.05) is 19.0 Å². The Morgan fingerprint density at radius 3 is 1.74 bits per heavy atom. The van der Waals surface area contributed by atoms with E-state index < -0.39 is 33.8 Å². The summed E-state index contributed by atoms with van der Waals surface area (Å²) < 4.78 is 26.7. The topological polar surface area (TPSA) is 66.0 Å². The fourth-order valence-corrected chi connectivity index (χ4v) is 18.9.